The Morgan fingerprint density at radius 1 is 0.923 bits per heavy atom. The van der Waals surface area contributed by atoms with Gasteiger partial charge in [-0.3, -0.25) is 9.59 Å². The first-order chi connectivity index (χ1) is 18.8. The number of hydrogen-bond acceptors (Lipinski definition) is 7. The van der Waals surface area contributed by atoms with Gasteiger partial charge in [-0.2, -0.15) is 0 Å². The van der Waals surface area contributed by atoms with Crippen molar-refractivity contribution < 1.29 is 14.3 Å². The summed E-state index contributed by atoms with van der Waals surface area (Å²) < 4.78 is 5.45. The number of benzene rings is 2. The number of anilines is 4. The first-order valence-electron chi connectivity index (χ1n) is 13.5. The van der Waals surface area contributed by atoms with E-state index in [1.807, 2.05) is 68.1 Å². The van der Waals surface area contributed by atoms with E-state index in [1.165, 1.54) is 0 Å². The topological polar surface area (TPSA) is 99.7 Å². The van der Waals surface area contributed by atoms with E-state index in [1.54, 1.807) is 6.20 Å². The fraction of sp³-hybridized carbons (Fsp3) is 0.400. The van der Waals surface area contributed by atoms with Crippen LogP contribution >= 0.6 is 0 Å². The molecule has 0 spiro atoms. The molecule has 2 aromatic carbocycles. The molecule has 0 radical (unpaired) electrons. The Morgan fingerprint density at radius 3 is 2.26 bits per heavy atom. The Bertz CT molecular complexity index is 1290. The van der Waals surface area contributed by atoms with Crippen LogP contribution in [0.2, 0.25) is 0 Å². The predicted molar refractivity (Wildman–Crippen MR) is 153 cm³/mol. The van der Waals surface area contributed by atoms with Gasteiger partial charge in [0, 0.05) is 67.0 Å². The van der Waals surface area contributed by atoms with E-state index in [2.05, 4.69) is 37.6 Å². The summed E-state index contributed by atoms with van der Waals surface area (Å²) in [4.78, 5) is 38.2. The molecule has 39 heavy (non-hydrogen) atoms. The number of carbonyl (C=O) groups excluding carboxylic acids is 2. The summed E-state index contributed by atoms with van der Waals surface area (Å²) in [5.41, 5.74) is 4.11. The predicted octanol–water partition coefficient (Wildman–Crippen LogP) is 4.70. The Kier molecular flexibility index (Phi) is 7.79. The van der Waals surface area contributed by atoms with Crippen LogP contribution in [0.25, 0.3) is 11.3 Å². The minimum absolute atomic E-state index is 0.0994. The molecule has 5 rings (SSSR count). The van der Waals surface area contributed by atoms with E-state index < -0.39 is 0 Å². The molecule has 9 heteroatoms. The number of hydrogen-bond donors (Lipinski definition) is 2. The van der Waals surface area contributed by atoms with Crippen molar-refractivity contribution in [3.63, 3.8) is 0 Å². The third-order valence-electron chi connectivity index (χ3n) is 7.02. The summed E-state index contributed by atoms with van der Waals surface area (Å²) in [6.45, 7) is 9.66. The van der Waals surface area contributed by atoms with Gasteiger partial charge in [0.2, 0.25) is 11.9 Å². The number of ether oxygens (including phenoxy) is 1. The van der Waals surface area contributed by atoms with Crippen LogP contribution in [-0.2, 0) is 14.3 Å². The molecule has 0 saturated carbocycles. The third-order valence-corrected chi connectivity index (χ3v) is 7.02. The first kappa shape index (κ1) is 26.6. The van der Waals surface area contributed by atoms with Crippen LogP contribution in [0.15, 0.2) is 60.8 Å². The van der Waals surface area contributed by atoms with Gasteiger partial charge in [-0.05, 0) is 55.3 Å². The standard InChI is InChI=1S/C30H36N6O3/c1-30(2,3)28(38)36-18-16-35(17-19-36)24-12-10-23(11-13-24)33-29-31-15-14-25(34-29)21-6-8-22(9-7-21)32-27(37)26-5-4-20-39-26/h6-15,26H,4-5,16-20H2,1-3H3,(H,32,37)(H,31,33,34). The lowest BCUT2D eigenvalue weighted by Gasteiger charge is -2.38. The zero-order chi connectivity index (χ0) is 27.4. The molecule has 2 N–H and O–H groups in total. The largest absolute Gasteiger partial charge is 0.368 e. The van der Waals surface area contributed by atoms with Crippen molar-refractivity contribution in [2.45, 2.75) is 39.7 Å². The molecule has 2 fully saturated rings. The van der Waals surface area contributed by atoms with Crippen molar-refractivity contribution in [3.8, 4) is 11.3 Å². The van der Waals surface area contributed by atoms with E-state index in [-0.39, 0.29) is 23.3 Å². The van der Waals surface area contributed by atoms with Gasteiger partial charge in [-0.1, -0.05) is 32.9 Å². The van der Waals surface area contributed by atoms with Gasteiger partial charge in [0.15, 0.2) is 0 Å². The lowest BCUT2D eigenvalue weighted by atomic mass is 9.94. The van der Waals surface area contributed by atoms with Crippen molar-refractivity contribution >= 4 is 34.8 Å². The third kappa shape index (κ3) is 6.54. The smallest absolute Gasteiger partial charge is 0.253 e. The van der Waals surface area contributed by atoms with Gasteiger partial charge < -0.3 is 25.2 Å². The molecule has 1 atom stereocenters. The zero-order valence-electron chi connectivity index (χ0n) is 22.8. The molecule has 2 saturated heterocycles. The maximum Gasteiger partial charge on any atom is 0.253 e. The van der Waals surface area contributed by atoms with E-state index in [0.717, 1.165) is 67.3 Å². The lowest BCUT2D eigenvalue weighted by molar-refractivity contribution is -0.139. The molecule has 2 amide bonds. The Hall–Kier alpha value is -3.98. The highest BCUT2D eigenvalue weighted by Gasteiger charge is 2.29. The van der Waals surface area contributed by atoms with Crippen LogP contribution in [-0.4, -0.2) is 65.6 Å². The van der Waals surface area contributed by atoms with Crippen LogP contribution in [0.4, 0.5) is 23.0 Å². The van der Waals surface area contributed by atoms with Crippen LogP contribution in [0.3, 0.4) is 0 Å². The first-order valence-corrected chi connectivity index (χ1v) is 13.5. The monoisotopic (exact) mass is 528 g/mol. The molecule has 204 valence electrons. The molecule has 0 aliphatic carbocycles. The van der Waals surface area contributed by atoms with E-state index in [4.69, 9.17) is 4.74 Å². The maximum absolute atomic E-state index is 12.6. The molecule has 2 aliphatic rings. The van der Waals surface area contributed by atoms with Gasteiger partial charge in [0.05, 0.1) is 5.69 Å². The zero-order valence-corrected chi connectivity index (χ0v) is 22.8. The lowest BCUT2D eigenvalue weighted by Crippen LogP contribution is -2.51. The minimum atomic E-state index is -0.358. The number of carbonyl (C=O) groups is 2. The number of amides is 2. The van der Waals surface area contributed by atoms with Crippen molar-refractivity contribution in [2.24, 2.45) is 5.41 Å². The number of piperazine rings is 1. The van der Waals surface area contributed by atoms with Gasteiger partial charge in [0.25, 0.3) is 5.91 Å². The molecule has 1 aromatic heterocycles. The fourth-order valence-electron chi connectivity index (χ4n) is 4.84. The van der Waals surface area contributed by atoms with Gasteiger partial charge in [-0.25, -0.2) is 9.97 Å². The second kappa shape index (κ2) is 11.4. The van der Waals surface area contributed by atoms with E-state index in [9.17, 15) is 9.59 Å². The molecule has 3 heterocycles. The number of aromatic nitrogens is 2. The summed E-state index contributed by atoms with van der Waals surface area (Å²) in [5, 5.41) is 6.20. The van der Waals surface area contributed by atoms with Gasteiger partial charge in [0.1, 0.15) is 6.10 Å². The van der Waals surface area contributed by atoms with Crippen LogP contribution in [0.1, 0.15) is 33.6 Å². The summed E-state index contributed by atoms with van der Waals surface area (Å²) in [6.07, 6.45) is 3.05. The van der Waals surface area contributed by atoms with Crippen molar-refractivity contribution in [1.29, 1.82) is 0 Å². The Morgan fingerprint density at radius 2 is 1.62 bits per heavy atom. The minimum Gasteiger partial charge on any atom is -0.368 e. The number of rotatable bonds is 6. The molecular formula is C30H36N6O3. The number of nitrogens with zero attached hydrogens (tertiary/aromatic N) is 4. The average Bonchev–Trinajstić information content (AvgIpc) is 3.49. The second-order valence-corrected chi connectivity index (χ2v) is 11.0. The highest BCUT2D eigenvalue weighted by Crippen LogP contribution is 2.25. The molecule has 2 aliphatic heterocycles. The average molecular weight is 529 g/mol. The quantitative estimate of drug-likeness (QED) is 0.478. The summed E-state index contributed by atoms with van der Waals surface area (Å²) in [6, 6.07) is 17.7. The SMILES string of the molecule is CC(C)(C)C(=O)N1CCN(c2ccc(Nc3nccc(-c4ccc(NC(=O)C5CCCO5)cc4)n3)cc2)CC1. The molecule has 9 nitrogen and oxygen atoms in total. The second-order valence-electron chi connectivity index (χ2n) is 11.0. The van der Waals surface area contributed by atoms with Crippen molar-refractivity contribution in [1.82, 2.24) is 14.9 Å². The van der Waals surface area contributed by atoms with Crippen LogP contribution < -0.4 is 15.5 Å². The summed E-state index contributed by atoms with van der Waals surface area (Å²) in [5.74, 6) is 0.615. The van der Waals surface area contributed by atoms with E-state index >= 15 is 0 Å². The molecular weight excluding hydrogens is 492 g/mol. The highest BCUT2D eigenvalue weighted by atomic mass is 16.5. The summed E-state index contributed by atoms with van der Waals surface area (Å²) >= 11 is 0. The van der Waals surface area contributed by atoms with Crippen molar-refractivity contribution in [3.05, 3.63) is 60.8 Å². The highest BCUT2D eigenvalue weighted by molar-refractivity contribution is 5.94. The van der Waals surface area contributed by atoms with Gasteiger partial charge >= 0.3 is 0 Å². The molecule has 0 bridgehead atoms. The molecule has 3 aromatic rings. The summed E-state index contributed by atoms with van der Waals surface area (Å²) in [7, 11) is 0. The maximum atomic E-state index is 12.6. The molecule has 1 unspecified atom stereocenters. The van der Waals surface area contributed by atoms with E-state index in [0.29, 0.717) is 12.6 Å². The van der Waals surface area contributed by atoms with Crippen LogP contribution in [0, 0.1) is 5.41 Å². The number of nitrogens with one attached hydrogen (secondary N) is 2. The Balaban J connectivity index is 1.17. The Labute approximate surface area is 229 Å². The van der Waals surface area contributed by atoms with Gasteiger partial charge in [-0.15, -0.1) is 0 Å². The van der Waals surface area contributed by atoms with Crippen molar-refractivity contribution in [2.75, 3.05) is 48.3 Å². The fourth-order valence-corrected chi connectivity index (χ4v) is 4.84. The van der Waals surface area contributed by atoms with Crippen LogP contribution in [0.5, 0.6) is 0 Å². The normalized spacial score (nSPS) is 17.7.